The minimum Gasteiger partial charge on any atom is -0.445 e. The Morgan fingerprint density at radius 2 is 1.15 bits per heavy atom. The summed E-state index contributed by atoms with van der Waals surface area (Å²) in [5, 5.41) is 28.4. The molecule has 9 heteroatoms. The third-order valence-electron chi connectivity index (χ3n) is 6.13. The average molecular weight is 551 g/mol. The number of ether oxygens (including phenoxy) is 2. The van der Waals surface area contributed by atoms with Gasteiger partial charge in [0.05, 0.1) is 42.1 Å². The molecule has 2 heterocycles. The fraction of sp³-hybridized carbons (Fsp3) is 0.250. The van der Waals surface area contributed by atoms with Crippen molar-refractivity contribution in [2.45, 2.75) is 38.6 Å². The Hall–Kier alpha value is -4.80. The molecule has 0 aliphatic rings. The molecule has 208 valence electrons. The van der Waals surface area contributed by atoms with Gasteiger partial charge in [-0.3, -0.25) is 0 Å². The smallest absolute Gasteiger partial charge is 0.218 e. The number of nitrogens with zero attached hydrogens (tertiary/aromatic N) is 4. The fourth-order valence-corrected chi connectivity index (χ4v) is 3.67. The standard InChI is InChI=1S/C32H30N4O5/c1-32(37,14-16-38-20-28-22-40-30(35-28)12-10-24-2-6-26(18-33)7-3-24)15-17-39-21-29-23-41-31(36-29)13-11-25-4-8-27(19-34)9-5-25/h2-13,22-23,37H,14-17,20-21H2,1H3/b12-10+,13-11+. The van der Waals surface area contributed by atoms with Crippen LogP contribution in [0.15, 0.2) is 69.9 Å². The van der Waals surface area contributed by atoms with Crippen molar-refractivity contribution in [3.8, 4) is 12.1 Å². The van der Waals surface area contributed by atoms with E-state index < -0.39 is 5.60 Å². The maximum Gasteiger partial charge on any atom is 0.218 e. The van der Waals surface area contributed by atoms with E-state index in [1.165, 1.54) is 0 Å². The number of hydrogen-bond acceptors (Lipinski definition) is 9. The van der Waals surface area contributed by atoms with Crippen LogP contribution in [0.3, 0.4) is 0 Å². The molecule has 4 rings (SSSR count). The second-order valence-corrected chi connectivity index (χ2v) is 9.59. The normalized spacial score (nSPS) is 11.7. The van der Waals surface area contributed by atoms with Crippen LogP contribution in [-0.2, 0) is 22.7 Å². The summed E-state index contributed by atoms with van der Waals surface area (Å²) in [6.07, 6.45) is 11.2. The minimum atomic E-state index is -0.947. The maximum absolute atomic E-state index is 10.7. The number of aromatic nitrogens is 2. The van der Waals surface area contributed by atoms with Gasteiger partial charge in [0.15, 0.2) is 0 Å². The first-order valence-electron chi connectivity index (χ1n) is 13.1. The molecule has 9 nitrogen and oxygen atoms in total. The van der Waals surface area contributed by atoms with Crippen LogP contribution in [0.1, 0.15) is 65.2 Å². The van der Waals surface area contributed by atoms with Crippen LogP contribution in [0.4, 0.5) is 0 Å². The van der Waals surface area contributed by atoms with Crippen LogP contribution in [-0.4, -0.2) is 33.9 Å². The summed E-state index contributed by atoms with van der Waals surface area (Å²) in [5.41, 5.74) is 3.46. The predicted molar refractivity (Wildman–Crippen MR) is 152 cm³/mol. The van der Waals surface area contributed by atoms with Gasteiger partial charge in [0.2, 0.25) is 11.8 Å². The lowest BCUT2D eigenvalue weighted by Gasteiger charge is -2.22. The van der Waals surface area contributed by atoms with Crippen molar-refractivity contribution in [2.75, 3.05) is 13.2 Å². The van der Waals surface area contributed by atoms with Crippen LogP contribution in [0.2, 0.25) is 0 Å². The van der Waals surface area contributed by atoms with Gasteiger partial charge in [-0.1, -0.05) is 24.3 Å². The first-order chi connectivity index (χ1) is 19.9. The number of nitriles is 2. The molecule has 41 heavy (non-hydrogen) atoms. The Labute approximate surface area is 238 Å². The number of oxazole rings is 2. The van der Waals surface area contributed by atoms with Gasteiger partial charge in [-0.25, -0.2) is 9.97 Å². The van der Waals surface area contributed by atoms with Crippen molar-refractivity contribution in [3.63, 3.8) is 0 Å². The topological polar surface area (TPSA) is 138 Å². The summed E-state index contributed by atoms with van der Waals surface area (Å²) >= 11 is 0. The summed E-state index contributed by atoms with van der Waals surface area (Å²) < 4.78 is 22.3. The zero-order chi connectivity index (χ0) is 28.9. The second-order valence-electron chi connectivity index (χ2n) is 9.59. The molecule has 2 aromatic carbocycles. The van der Waals surface area contributed by atoms with E-state index in [2.05, 4.69) is 22.1 Å². The van der Waals surface area contributed by atoms with E-state index in [9.17, 15) is 5.11 Å². The van der Waals surface area contributed by atoms with Crippen molar-refractivity contribution in [1.82, 2.24) is 9.97 Å². The number of hydrogen-bond donors (Lipinski definition) is 1. The molecule has 0 aliphatic carbocycles. The van der Waals surface area contributed by atoms with Crippen LogP contribution in [0.25, 0.3) is 24.3 Å². The Morgan fingerprint density at radius 1 is 0.732 bits per heavy atom. The molecular formula is C32H30N4O5. The Bertz CT molecular complexity index is 1420. The van der Waals surface area contributed by atoms with E-state index in [0.29, 0.717) is 60.4 Å². The molecule has 2 aromatic heterocycles. The van der Waals surface area contributed by atoms with Crippen molar-refractivity contribution in [1.29, 1.82) is 10.5 Å². The number of benzene rings is 2. The van der Waals surface area contributed by atoms with Gasteiger partial charge in [-0.15, -0.1) is 0 Å². The lowest BCUT2D eigenvalue weighted by Crippen LogP contribution is -2.28. The van der Waals surface area contributed by atoms with E-state index in [1.54, 1.807) is 55.9 Å². The lowest BCUT2D eigenvalue weighted by molar-refractivity contribution is -0.0193. The van der Waals surface area contributed by atoms with E-state index in [-0.39, 0.29) is 13.2 Å². The molecular weight excluding hydrogens is 520 g/mol. The van der Waals surface area contributed by atoms with Gasteiger partial charge in [-0.05, 0) is 67.3 Å². The highest BCUT2D eigenvalue weighted by Crippen LogP contribution is 2.17. The lowest BCUT2D eigenvalue weighted by atomic mass is 9.99. The first-order valence-corrected chi connectivity index (χ1v) is 13.1. The second kappa shape index (κ2) is 14.5. The average Bonchev–Trinajstić information content (AvgIpc) is 3.65. The van der Waals surface area contributed by atoms with Gasteiger partial charge in [-0.2, -0.15) is 10.5 Å². The molecule has 0 aliphatic heterocycles. The summed E-state index contributed by atoms with van der Waals surface area (Å²) in [6.45, 7) is 3.01. The van der Waals surface area contributed by atoms with Gasteiger partial charge < -0.3 is 23.4 Å². The molecule has 0 amide bonds. The molecule has 0 bridgehead atoms. The van der Waals surface area contributed by atoms with Crippen LogP contribution < -0.4 is 0 Å². The van der Waals surface area contributed by atoms with Crippen molar-refractivity contribution >= 4 is 24.3 Å². The monoisotopic (exact) mass is 550 g/mol. The Balaban J connectivity index is 1.10. The maximum atomic E-state index is 10.7. The van der Waals surface area contributed by atoms with E-state index in [1.807, 2.05) is 36.4 Å². The molecule has 0 radical (unpaired) electrons. The highest BCUT2D eigenvalue weighted by Gasteiger charge is 2.20. The summed E-state index contributed by atoms with van der Waals surface area (Å²) in [7, 11) is 0. The van der Waals surface area contributed by atoms with Gasteiger partial charge in [0.1, 0.15) is 23.9 Å². The van der Waals surface area contributed by atoms with Gasteiger partial charge in [0.25, 0.3) is 0 Å². The van der Waals surface area contributed by atoms with Crippen LogP contribution in [0, 0.1) is 22.7 Å². The van der Waals surface area contributed by atoms with Crippen molar-refractivity contribution in [3.05, 3.63) is 106 Å². The van der Waals surface area contributed by atoms with Crippen molar-refractivity contribution in [2.24, 2.45) is 0 Å². The molecule has 0 atom stereocenters. The summed E-state index contributed by atoms with van der Waals surface area (Å²) in [4.78, 5) is 8.75. The summed E-state index contributed by atoms with van der Waals surface area (Å²) in [6, 6.07) is 18.6. The third-order valence-corrected chi connectivity index (χ3v) is 6.13. The molecule has 4 aromatic rings. The predicted octanol–water partition coefficient (Wildman–Crippen LogP) is 6.01. The molecule has 0 spiro atoms. The van der Waals surface area contributed by atoms with Gasteiger partial charge in [0, 0.05) is 25.4 Å². The Kier molecular flexibility index (Phi) is 10.4. The van der Waals surface area contributed by atoms with Crippen LogP contribution in [0.5, 0.6) is 0 Å². The fourth-order valence-electron chi connectivity index (χ4n) is 3.67. The summed E-state index contributed by atoms with van der Waals surface area (Å²) in [5.74, 6) is 0.914. The quantitative estimate of drug-likeness (QED) is 0.187. The molecule has 0 saturated carbocycles. The van der Waals surface area contributed by atoms with E-state index >= 15 is 0 Å². The SMILES string of the molecule is CC(O)(CCOCc1coc(/C=C/c2ccc(C#N)cc2)n1)CCOCc1coc(/C=C/c2ccc(C#N)cc2)n1. The van der Waals surface area contributed by atoms with Crippen molar-refractivity contribution < 1.29 is 23.4 Å². The third kappa shape index (κ3) is 9.71. The zero-order valence-electron chi connectivity index (χ0n) is 22.7. The largest absolute Gasteiger partial charge is 0.445 e. The van der Waals surface area contributed by atoms with Crippen LogP contribution >= 0.6 is 0 Å². The van der Waals surface area contributed by atoms with E-state index in [4.69, 9.17) is 28.8 Å². The highest BCUT2D eigenvalue weighted by atomic mass is 16.5. The van der Waals surface area contributed by atoms with Gasteiger partial charge >= 0.3 is 0 Å². The first kappa shape index (κ1) is 29.2. The molecule has 1 N–H and O–H groups in total. The molecule has 0 saturated heterocycles. The number of aliphatic hydroxyl groups is 1. The highest BCUT2D eigenvalue weighted by molar-refractivity contribution is 5.67. The number of rotatable bonds is 14. The molecule has 0 unspecified atom stereocenters. The zero-order valence-corrected chi connectivity index (χ0v) is 22.7. The Morgan fingerprint density at radius 3 is 1.54 bits per heavy atom. The van der Waals surface area contributed by atoms with E-state index in [0.717, 1.165) is 11.1 Å². The minimum absolute atomic E-state index is 0.273. The molecule has 0 fully saturated rings.